The number of aryl methyl sites for hydroxylation is 1. The van der Waals surface area contributed by atoms with E-state index in [2.05, 4.69) is 24.4 Å². The summed E-state index contributed by atoms with van der Waals surface area (Å²) in [5.41, 5.74) is 8.48. The second-order valence-electron chi connectivity index (χ2n) is 5.30. The van der Waals surface area contributed by atoms with Crippen molar-refractivity contribution in [1.82, 2.24) is 5.32 Å². The van der Waals surface area contributed by atoms with Gasteiger partial charge in [0.1, 0.15) is 5.75 Å². The van der Waals surface area contributed by atoms with E-state index in [1.165, 1.54) is 11.1 Å². The molecule has 0 atom stereocenters. The van der Waals surface area contributed by atoms with Gasteiger partial charge in [-0.25, -0.2) is 0 Å². The highest BCUT2D eigenvalue weighted by Crippen LogP contribution is 2.25. The molecule has 19 heavy (non-hydrogen) atoms. The van der Waals surface area contributed by atoms with E-state index >= 15 is 0 Å². The zero-order valence-electron chi connectivity index (χ0n) is 11.9. The monoisotopic (exact) mass is 264 g/mol. The average Bonchev–Trinajstić information content (AvgIpc) is 2.41. The Bertz CT molecular complexity index is 411. The van der Waals surface area contributed by atoms with Crippen LogP contribution in [0.2, 0.25) is 0 Å². The Labute approximate surface area is 115 Å². The van der Waals surface area contributed by atoms with Gasteiger partial charge < -0.3 is 20.5 Å². The molecule has 106 valence electrons. The number of hydrogen-bond donors (Lipinski definition) is 2. The molecule has 0 aromatic heterocycles. The first-order valence-electron chi connectivity index (χ1n) is 6.87. The topological polar surface area (TPSA) is 56.5 Å². The lowest BCUT2D eigenvalue weighted by molar-refractivity contribution is -0.105. The fourth-order valence-electron chi connectivity index (χ4n) is 2.37. The van der Waals surface area contributed by atoms with Crippen molar-refractivity contribution in [2.45, 2.75) is 19.9 Å². The van der Waals surface area contributed by atoms with Gasteiger partial charge in [-0.1, -0.05) is 19.1 Å². The van der Waals surface area contributed by atoms with Crippen LogP contribution in [0.3, 0.4) is 0 Å². The summed E-state index contributed by atoms with van der Waals surface area (Å²) in [5.74, 6) is 0.970. The Morgan fingerprint density at radius 3 is 2.74 bits per heavy atom. The van der Waals surface area contributed by atoms with Crippen LogP contribution >= 0.6 is 0 Å². The van der Waals surface area contributed by atoms with Gasteiger partial charge in [-0.2, -0.15) is 0 Å². The summed E-state index contributed by atoms with van der Waals surface area (Å²) in [7, 11) is 1.72. The molecule has 1 aliphatic heterocycles. The highest BCUT2D eigenvalue weighted by molar-refractivity contribution is 5.37. The SMILES string of the molecule is CCc1cc(CNCC2(CN)COC2)ccc1OC. The van der Waals surface area contributed by atoms with Crippen LogP contribution in [0.4, 0.5) is 0 Å². The quantitative estimate of drug-likeness (QED) is 0.780. The molecule has 0 saturated carbocycles. The second-order valence-corrected chi connectivity index (χ2v) is 5.30. The Balaban J connectivity index is 1.89. The van der Waals surface area contributed by atoms with Gasteiger partial charge in [-0.3, -0.25) is 0 Å². The third kappa shape index (κ3) is 3.26. The predicted octanol–water partition coefficient (Wildman–Crippen LogP) is 1.32. The molecule has 1 fully saturated rings. The number of hydrogen-bond acceptors (Lipinski definition) is 4. The number of benzene rings is 1. The second kappa shape index (κ2) is 6.37. The molecule has 0 amide bonds. The van der Waals surface area contributed by atoms with Crippen LogP contribution in [0.1, 0.15) is 18.1 Å². The van der Waals surface area contributed by atoms with E-state index in [1.54, 1.807) is 7.11 Å². The molecule has 2 rings (SSSR count). The van der Waals surface area contributed by atoms with Crippen LogP contribution in [-0.4, -0.2) is 33.4 Å². The van der Waals surface area contributed by atoms with E-state index in [-0.39, 0.29) is 5.41 Å². The Kier molecular flexibility index (Phi) is 4.80. The van der Waals surface area contributed by atoms with Crippen molar-refractivity contribution in [2.24, 2.45) is 11.1 Å². The number of rotatable bonds is 7. The van der Waals surface area contributed by atoms with Gasteiger partial charge in [-0.15, -0.1) is 0 Å². The lowest BCUT2D eigenvalue weighted by atomic mass is 9.86. The normalized spacial score (nSPS) is 17.0. The molecule has 0 aliphatic carbocycles. The first-order valence-corrected chi connectivity index (χ1v) is 6.87. The third-order valence-corrected chi connectivity index (χ3v) is 3.80. The standard InChI is InChI=1S/C15H24N2O2/c1-3-13-6-12(4-5-14(13)18-2)7-17-9-15(8-16)10-19-11-15/h4-6,17H,3,7-11,16H2,1-2H3. The van der Waals surface area contributed by atoms with E-state index in [0.29, 0.717) is 6.54 Å². The molecular formula is C15H24N2O2. The first-order chi connectivity index (χ1) is 9.23. The summed E-state index contributed by atoms with van der Waals surface area (Å²) in [6.45, 7) is 6.15. The molecular weight excluding hydrogens is 240 g/mol. The third-order valence-electron chi connectivity index (χ3n) is 3.80. The highest BCUT2D eigenvalue weighted by atomic mass is 16.5. The molecule has 1 aromatic rings. The van der Waals surface area contributed by atoms with Crippen molar-refractivity contribution < 1.29 is 9.47 Å². The lowest BCUT2D eigenvalue weighted by Gasteiger charge is -2.40. The minimum atomic E-state index is 0.153. The number of ether oxygens (including phenoxy) is 2. The van der Waals surface area contributed by atoms with Crippen LogP contribution in [0.15, 0.2) is 18.2 Å². The molecule has 3 N–H and O–H groups in total. The molecule has 1 aromatic carbocycles. The lowest BCUT2D eigenvalue weighted by Crippen LogP contribution is -2.54. The molecule has 1 heterocycles. The molecule has 0 radical (unpaired) electrons. The highest BCUT2D eigenvalue weighted by Gasteiger charge is 2.36. The largest absolute Gasteiger partial charge is 0.496 e. The van der Waals surface area contributed by atoms with E-state index in [0.717, 1.165) is 38.5 Å². The van der Waals surface area contributed by atoms with Crippen LogP contribution < -0.4 is 15.8 Å². The van der Waals surface area contributed by atoms with Crippen molar-refractivity contribution in [1.29, 1.82) is 0 Å². The predicted molar refractivity (Wildman–Crippen MR) is 76.4 cm³/mol. The van der Waals surface area contributed by atoms with Crippen LogP contribution in [-0.2, 0) is 17.7 Å². The zero-order valence-corrected chi connectivity index (χ0v) is 11.9. The summed E-state index contributed by atoms with van der Waals surface area (Å²) in [5, 5.41) is 3.48. The Morgan fingerprint density at radius 1 is 1.42 bits per heavy atom. The van der Waals surface area contributed by atoms with E-state index in [9.17, 15) is 0 Å². The summed E-state index contributed by atoms with van der Waals surface area (Å²) < 4.78 is 10.6. The molecule has 4 nitrogen and oxygen atoms in total. The maximum atomic E-state index is 5.80. The van der Waals surface area contributed by atoms with Gasteiger partial charge in [0, 0.05) is 25.0 Å². The van der Waals surface area contributed by atoms with Crippen LogP contribution in [0, 0.1) is 5.41 Å². The first kappa shape index (κ1) is 14.3. The summed E-state index contributed by atoms with van der Waals surface area (Å²) >= 11 is 0. The number of nitrogens with one attached hydrogen (secondary N) is 1. The van der Waals surface area contributed by atoms with Gasteiger partial charge in [0.25, 0.3) is 0 Å². The smallest absolute Gasteiger partial charge is 0.122 e. The molecule has 0 spiro atoms. The summed E-state index contributed by atoms with van der Waals surface area (Å²) in [6.07, 6.45) is 0.984. The van der Waals surface area contributed by atoms with Crippen LogP contribution in [0.25, 0.3) is 0 Å². The van der Waals surface area contributed by atoms with Crippen molar-refractivity contribution in [2.75, 3.05) is 33.4 Å². The van der Waals surface area contributed by atoms with Crippen molar-refractivity contribution in [3.8, 4) is 5.75 Å². The van der Waals surface area contributed by atoms with Crippen LogP contribution in [0.5, 0.6) is 5.75 Å². The molecule has 1 saturated heterocycles. The minimum absolute atomic E-state index is 0.153. The van der Waals surface area contributed by atoms with E-state index in [4.69, 9.17) is 15.2 Å². The summed E-state index contributed by atoms with van der Waals surface area (Å²) in [6, 6.07) is 6.36. The minimum Gasteiger partial charge on any atom is -0.496 e. The van der Waals surface area contributed by atoms with Gasteiger partial charge >= 0.3 is 0 Å². The average molecular weight is 264 g/mol. The fourth-order valence-corrected chi connectivity index (χ4v) is 2.37. The van der Waals surface area contributed by atoms with Crippen molar-refractivity contribution >= 4 is 0 Å². The number of nitrogens with two attached hydrogens (primary N) is 1. The molecule has 1 aliphatic rings. The maximum Gasteiger partial charge on any atom is 0.122 e. The Morgan fingerprint density at radius 2 is 2.21 bits per heavy atom. The van der Waals surface area contributed by atoms with Gasteiger partial charge in [-0.05, 0) is 23.6 Å². The Hall–Kier alpha value is -1.10. The maximum absolute atomic E-state index is 5.80. The fraction of sp³-hybridized carbons (Fsp3) is 0.600. The molecule has 4 heteroatoms. The summed E-state index contributed by atoms with van der Waals surface area (Å²) in [4.78, 5) is 0. The number of methoxy groups -OCH3 is 1. The van der Waals surface area contributed by atoms with Gasteiger partial charge in [0.15, 0.2) is 0 Å². The molecule has 0 bridgehead atoms. The molecule has 0 unspecified atom stereocenters. The van der Waals surface area contributed by atoms with Crippen molar-refractivity contribution in [3.05, 3.63) is 29.3 Å². The van der Waals surface area contributed by atoms with Gasteiger partial charge in [0.05, 0.1) is 20.3 Å². The van der Waals surface area contributed by atoms with E-state index in [1.807, 2.05) is 6.07 Å². The zero-order chi connectivity index (χ0) is 13.7. The van der Waals surface area contributed by atoms with E-state index < -0.39 is 0 Å². The van der Waals surface area contributed by atoms with Gasteiger partial charge in [0.2, 0.25) is 0 Å². The van der Waals surface area contributed by atoms with Crippen molar-refractivity contribution in [3.63, 3.8) is 0 Å².